The zero-order valence-corrected chi connectivity index (χ0v) is 10.9. The number of aromatic nitrogens is 3. The molecule has 1 aromatic heterocycles. The van der Waals surface area contributed by atoms with Crippen LogP contribution in [0.5, 0.6) is 5.75 Å². The Kier molecular flexibility index (Phi) is 4.11. The van der Waals surface area contributed by atoms with Gasteiger partial charge in [0.1, 0.15) is 24.5 Å². The normalized spacial score (nSPS) is 12.4. The highest BCUT2D eigenvalue weighted by Gasteiger charge is 2.12. The maximum Gasteiger partial charge on any atom is 0.164 e. The molecule has 0 bridgehead atoms. The number of hydrogen-bond acceptors (Lipinski definition) is 4. The van der Waals surface area contributed by atoms with Crippen molar-refractivity contribution in [3.05, 3.63) is 41.7 Å². The van der Waals surface area contributed by atoms with Gasteiger partial charge in [-0.1, -0.05) is 0 Å². The van der Waals surface area contributed by atoms with Crippen LogP contribution in [-0.2, 0) is 13.2 Å². The Morgan fingerprint density at radius 2 is 2.26 bits per heavy atom. The Hall–Kier alpha value is -1.95. The van der Waals surface area contributed by atoms with Crippen molar-refractivity contribution in [2.45, 2.75) is 33.1 Å². The lowest BCUT2D eigenvalue weighted by molar-refractivity contribution is 0.188. The smallest absolute Gasteiger partial charge is 0.164 e. The lowest BCUT2D eigenvalue weighted by Crippen LogP contribution is -2.08. The van der Waals surface area contributed by atoms with Crippen LogP contribution in [0.3, 0.4) is 0 Å². The molecule has 5 nitrogen and oxygen atoms in total. The molecule has 0 fully saturated rings. The van der Waals surface area contributed by atoms with E-state index in [1.165, 1.54) is 24.5 Å². The maximum atomic E-state index is 13.2. The molecule has 0 radical (unpaired) electrons. The van der Waals surface area contributed by atoms with Gasteiger partial charge in [0.05, 0.1) is 6.10 Å². The molecule has 0 saturated carbocycles. The monoisotopic (exact) mass is 265 g/mol. The number of nitrogens with zero attached hydrogens (tertiary/aromatic N) is 3. The van der Waals surface area contributed by atoms with Gasteiger partial charge in [0.25, 0.3) is 0 Å². The second-order valence-corrected chi connectivity index (χ2v) is 4.14. The summed E-state index contributed by atoms with van der Waals surface area (Å²) in [6.45, 7) is 4.42. The van der Waals surface area contributed by atoms with Crippen molar-refractivity contribution in [2.75, 3.05) is 0 Å². The largest absolute Gasteiger partial charge is 0.485 e. The molecular weight excluding hydrogens is 249 g/mol. The summed E-state index contributed by atoms with van der Waals surface area (Å²) in [7, 11) is 0. The van der Waals surface area contributed by atoms with E-state index >= 15 is 0 Å². The molecule has 102 valence electrons. The van der Waals surface area contributed by atoms with Crippen LogP contribution >= 0.6 is 0 Å². The Bertz CT molecular complexity index is 555. The number of hydrogen-bond donors (Lipinski definition) is 1. The molecule has 0 aliphatic rings. The van der Waals surface area contributed by atoms with Gasteiger partial charge in [0.15, 0.2) is 5.82 Å². The van der Waals surface area contributed by atoms with Gasteiger partial charge < -0.3 is 9.84 Å². The zero-order chi connectivity index (χ0) is 13.8. The van der Waals surface area contributed by atoms with Gasteiger partial charge in [-0.2, -0.15) is 5.10 Å². The third-order valence-electron chi connectivity index (χ3n) is 2.78. The van der Waals surface area contributed by atoms with E-state index in [2.05, 4.69) is 10.1 Å². The number of rotatable bonds is 5. The predicted octanol–water partition coefficient (Wildman–Crippen LogP) is 2.07. The highest BCUT2D eigenvalue weighted by atomic mass is 19.1. The molecular formula is C13H16FN3O2. The van der Waals surface area contributed by atoms with Crippen LogP contribution in [0.4, 0.5) is 4.39 Å². The average Bonchev–Trinajstić information content (AvgIpc) is 2.83. The minimum Gasteiger partial charge on any atom is -0.485 e. The summed E-state index contributed by atoms with van der Waals surface area (Å²) < 4.78 is 20.5. The minimum atomic E-state index is -0.723. The van der Waals surface area contributed by atoms with E-state index in [-0.39, 0.29) is 6.61 Å². The SMILES string of the molecule is CCn1ncnc1COc1cc(F)ccc1[C@@H](C)O. The van der Waals surface area contributed by atoms with Crippen LogP contribution in [0, 0.1) is 5.82 Å². The molecule has 1 atom stereocenters. The summed E-state index contributed by atoms with van der Waals surface area (Å²) >= 11 is 0. The molecule has 0 saturated heterocycles. The van der Waals surface area contributed by atoms with Crippen LogP contribution in [0.25, 0.3) is 0 Å². The van der Waals surface area contributed by atoms with E-state index in [9.17, 15) is 9.50 Å². The molecule has 0 unspecified atom stereocenters. The Morgan fingerprint density at radius 1 is 1.47 bits per heavy atom. The van der Waals surface area contributed by atoms with E-state index in [0.717, 1.165) is 0 Å². The van der Waals surface area contributed by atoms with E-state index in [4.69, 9.17) is 4.74 Å². The summed E-state index contributed by atoms with van der Waals surface area (Å²) in [4.78, 5) is 4.07. The van der Waals surface area contributed by atoms with Crippen molar-refractivity contribution in [1.29, 1.82) is 0 Å². The first-order valence-corrected chi connectivity index (χ1v) is 6.08. The van der Waals surface area contributed by atoms with Crippen LogP contribution in [0.1, 0.15) is 31.3 Å². The summed E-state index contributed by atoms with van der Waals surface area (Å²) in [6, 6.07) is 4.07. The highest BCUT2D eigenvalue weighted by Crippen LogP contribution is 2.26. The third kappa shape index (κ3) is 3.08. The quantitative estimate of drug-likeness (QED) is 0.899. The number of aliphatic hydroxyl groups is 1. The third-order valence-corrected chi connectivity index (χ3v) is 2.78. The van der Waals surface area contributed by atoms with E-state index in [1.807, 2.05) is 6.92 Å². The molecule has 1 aromatic carbocycles. The van der Waals surface area contributed by atoms with Crippen molar-refractivity contribution >= 4 is 0 Å². The van der Waals surface area contributed by atoms with Crippen molar-refractivity contribution in [2.24, 2.45) is 0 Å². The zero-order valence-electron chi connectivity index (χ0n) is 10.9. The fourth-order valence-corrected chi connectivity index (χ4v) is 1.78. The molecule has 6 heteroatoms. The number of benzene rings is 1. The van der Waals surface area contributed by atoms with Crippen LogP contribution in [-0.4, -0.2) is 19.9 Å². The predicted molar refractivity (Wildman–Crippen MR) is 67.1 cm³/mol. The summed E-state index contributed by atoms with van der Waals surface area (Å²) in [5, 5.41) is 13.6. The van der Waals surface area contributed by atoms with Gasteiger partial charge in [0.2, 0.25) is 0 Å². The van der Waals surface area contributed by atoms with E-state index in [0.29, 0.717) is 23.7 Å². The summed E-state index contributed by atoms with van der Waals surface area (Å²) in [5.74, 6) is 0.570. The lowest BCUT2D eigenvalue weighted by Gasteiger charge is -2.13. The van der Waals surface area contributed by atoms with Crippen LogP contribution in [0.15, 0.2) is 24.5 Å². The molecule has 0 aliphatic heterocycles. The molecule has 2 rings (SSSR count). The molecule has 1 heterocycles. The van der Waals surface area contributed by atoms with E-state index < -0.39 is 11.9 Å². The van der Waals surface area contributed by atoms with Gasteiger partial charge in [-0.05, 0) is 26.0 Å². The first-order valence-electron chi connectivity index (χ1n) is 6.08. The Labute approximate surface area is 110 Å². The second-order valence-electron chi connectivity index (χ2n) is 4.14. The van der Waals surface area contributed by atoms with Gasteiger partial charge in [-0.15, -0.1) is 0 Å². The average molecular weight is 265 g/mol. The molecule has 0 amide bonds. The van der Waals surface area contributed by atoms with Crippen molar-refractivity contribution < 1.29 is 14.2 Å². The van der Waals surface area contributed by atoms with Gasteiger partial charge in [-0.25, -0.2) is 14.1 Å². The number of aryl methyl sites for hydroxylation is 1. The maximum absolute atomic E-state index is 13.2. The van der Waals surface area contributed by atoms with E-state index in [1.54, 1.807) is 11.6 Å². The fourth-order valence-electron chi connectivity index (χ4n) is 1.78. The first kappa shape index (κ1) is 13.5. The van der Waals surface area contributed by atoms with Crippen molar-refractivity contribution in [3.63, 3.8) is 0 Å². The minimum absolute atomic E-state index is 0.178. The van der Waals surface area contributed by atoms with Gasteiger partial charge in [-0.3, -0.25) is 0 Å². The standard InChI is InChI=1S/C13H16FN3O2/c1-3-17-13(15-8-16-17)7-19-12-6-10(14)4-5-11(12)9(2)18/h4-6,8-9,18H,3,7H2,1-2H3/t9-/m1/s1. The summed E-state index contributed by atoms with van der Waals surface area (Å²) in [5.41, 5.74) is 0.545. The number of ether oxygens (including phenoxy) is 1. The Balaban J connectivity index is 2.17. The molecule has 0 spiro atoms. The molecule has 19 heavy (non-hydrogen) atoms. The molecule has 0 aliphatic carbocycles. The van der Waals surface area contributed by atoms with Crippen molar-refractivity contribution in [1.82, 2.24) is 14.8 Å². The topological polar surface area (TPSA) is 60.2 Å². The Morgan fingerprint density at radius 3 is 2.95 bits per heavy atom. The number of halogens is 1. The van der Waals surface area contributed by atoms with Gasteiger partial charge in [0, 0.05) is 18.2 Å². The first-order chi connectivity index (χ1) is 9.11. The lowest BCUT2D eigenvalue weighted by atomic mass is 10.1. The molecule has 1 N–H and O–H groups in total. The van der Waals surface area contributed by atoms with Crippen LogP contribution < -0.4 is 4.74 Å². The highest BCUT2D eigenvalue weighted by molar-refractivity contribution is 5.35. The van der Waals surface area contributed by atoms with Gasteiger partial charge >= 0.3 is 0 Å². The van der Waals surface area contributed by atoms with Crippen LogP contribution in [0.2, 0.25) is 0 Å². The second kappa shape index (κ2) is 5.79. The fraction of sp³-hybridized carbons (Fsp3) is 0.385. The van der Waals surface area contributed by atoms with Crippen molar-refractivity contribution in [3.8, 4) is 5.75 Å². The molecule has 2 aromatic rings. The number of aliphatic hydroxyl groups excluding tert-OH is 1. The summed E-state index contributed by atoms with van der Waals surface area (Å²) in [6.07, 6.45) is 0.725.